The number of aryl methyl sites for hydroxylation is 1. The first kappa shape index (κ1) is 17.2. The second kappa shape index (κ2) is 8.45. The van der Waals surface area contributed by atoms with Crippen molar-refractivity contribution in [2.45, 2.75) is 13.5 Å². The molecule has 1 aromatic carbocycles. The van der Waals surface area contributed by atoms with Crippen LogP contribution in [0, 0.1) is 6.92 Å². The fourth-order valence-electron chi connectivity index (χ4n) is 2.15. The second-order valence-electron chi connectivity index (χ2n) is 4.92. The highest BCUT2D eigenvalue weighted by molar-refractivity contribution is 7.09. The first-order chi connectivity index (χ1) is 11.1. The maximum absolute atomic E-state index is 12.4. The minimum atomic E-state index is -0.171. The molecule has 0 aliphatic heterocycles. The third-order valence-electron chi connectivity index (χ3n) is 3.27. The van der Waals surface area contributed by atoms with Crippen molar-refractivity contribution in [3.05, 3.63) is 52.0 Å². The molecule has 23 heavy (non-hydrogen) atoms. The molecule has 0 aliphatic carbocycles. The van der Waals surface area contributed by atoms with E-state index in [1.165, 1.54) is 17.4 Å². The number of aliphatic hydroxyl groups excluding tert-OH is 1. The summed E-state index contributed by atoms with van der Waals surface area (Å²) in [7, 11) is 1.60. The maximum Gasteiger partial charge on any atom is 0.247 e. The summed E-state index contributed by atoms with van der Waals surface area (Å²) in [6.45, 7) is 2.47. The Balaban J connectivity index is 2.10. The number of nitrogens with zero attached hydrogens (tertiary/aromatic N) is 2. The molecule has 0 fully saturated rings. The second-order valence-corrected chi connectivity index (χ2v) is 5.98. The van der Waals surface area contributed by atoms with Gasteiger partial charge in [0.25, 0.3) is 0 Å². The molecular weight excluding hydrogens is 312 g/mol. The Kier molecular flexibility index (Phi) is 6.31. The molecule has 0 bridgehead atoms. The molecule has 1 aromatic heterocycles. The van der Waals surface area contributed by atoms with Crippen LogP contribution in [0.3, 0.4) is 0 Å². The van der Waals surface area contributed by atoms with Gasteiger partial charge < -0.3 is 14.7 Å². The van der Waals surface area contributed by atoms with Crippen LogP contribution >= 0.6 is 11.3 Å². The van der Waals surface area contributed by atoms with E-state index in [-0.39, 0.29) is 19.1 Å². The van der Waals surface area contributed by atoms with E-state index >= 15 is 0 Å². The number of aliphatic hydroxyl groups is 1. The van der Waals surface area contributed by atoms with Crippen molar-refractivity contribution in [3.8, 4) is 5.75 Å². The number of carbonyl (C=O) groups is 1. The lowest BCUT2D eigenvalue weighted by atomic mass is 10.2. The maximum atomic E-state index is 12.4. The summed E-state index contributed by atoms with van der Waals surface area (Å²) < 4.78 is 5.31. The Labute approximate surface area is 139 Å². The number of hydrogen-bond acceptors (Lipinski definition) is 5. The van der Waals surface area contributed by atoms with Crippen molar-refractivity contribution < 1.29 is 14.6 Å². The van der Waals surface area contributed by atoms with Gasteiger partial charge in [-0.3, -0.25) is 4.79 Å². The van der Waals surface area contributed by atoms with E-state index in [0.29, 0.717) is 6.54 Å². The van der Waals surface area contributed by atoms with Crippen LogP contribution in [0.5, 0.6) is 5.75 Å². The van der Waals surface area contributed by atoms with Crippen molar-refractivity contribution in [2.75, 3.05) is 20.3 Å². The Morgan fingerprint density at radius 1 is 1.43 bits per heavy atom. The molecule has 1 N–H and O–H groups in total. The van der Waals surface area contributed by atoms with Crippen molar-refractivity contribution in [1.82, 2.24) is 9.88 Å². The zero-order valence-corrected chi connectivity index (χ0v) is 14.0. The third kappa shape index (κ3) is 4.91. The summed E-state index contributed by atoms with van der Waals surface area (Å²) >= 11 is 1.54. The van der Waals surface area contributed by atoms with E-state index in [0.717, 1.165) is 22.0 Å². The molecule has 122 valence electrons. The van der Waals surface area contributed by atoms with Crippen LogP contribution < -0.4 is 4.74 Å². The van der Waals surface area contributed by atoms with E-state index in [9.17, 15) is 9.90 Å². The number of para-hydroxylation sites is 1. The molecule has 2 aromatic rings. The Morgan fingerprint density at radius 2 is 2.22 bits per heavy atom. The number of rotatable bonds is 7. The quantitative estimate of drug-likeness (QED) is 0.791. The van der Waals surface area contributed by atoms with E-state index in [1.807, 2.05) is 36.6 Å². The van der Waals surface area contributed by atoms with Crippen molar-refractivity contribution in [1.29, 1.82) is 0 Å². The topological polar surface area (TPSA) is 62.7 Å². The van der Waals surface area contributed by atoms with Gasteiger partial charge >= 0.3 is 0 Å². The number of hydrogen-bond donors (Lipinski definition) is 1. The van der Waals surface area contributed by atoms with Gasteiger partial charge in [-0.1, -0.05) is 18.2 Å². The average molecular weight is 332 g/mol. The highest BCUT2D eigenvalue weighted by atomic mass is 32.1. The molecule has 6 heteroatoms. The summed E-state index contributed by atoms with van der Waals surface area (Å²) in [4.78, 5) is 18.2. The summed E-state index contributed by atoms with van der Waals surface area (Å²) in [5.74, 6) is 0.554. The number of benzene rings is 1. The van der Waals surface area contributed by atoms with Crippen LogP contribution in [0.25, 0.3) is 6.08 Å². The van der Waals surface area contributed by atoms with E-state index in [2.05, 4.69) is 4.98 Å². The van der Waals surface area contributed by atoms with Crippen LogP contribution in [0.2, 0.25) is 0 Å². The first-order valence-electron chi connectivity index (χ1n) is 7.26. The minimum absolute atomic E-state index is 0.0927. The zero-order valence-electron chi connectivity index (χ0n) is 13.2. The largest absolute Gasteiger partial charge is 0.496 e. The molecule has 1 heterocycles. The zero-order chi connectivity index (χ0) is 16.7. The average Bonchev–Trinajstić information content (AvgIpc) is 2.98. The molecule has 0 radical (unpaired) electrons. The number of ether oxygens (including phenoxy) is 1. The highest BCUT2D eigenvalue weighted by Crippen LogP contribution is 2.19. The fraction of sp³-hybridized carbons (Fsp3) is 0.294. The highest BCUT2D eigenvalue weighted by Gasteiger charge is 2.13. The van der Waals surface area contributed by atoms with E-state index in [1.54, 1.807) is 18.1 Å². The van der Waals surface area contributed by atoms with Crippen molar-refractivity contribution in [3.63, 3.8) is 0 Å². The Bertz CT molecular complexity index is 682. The Hall–Kier alpha value is -2.18. The smallest absolute Gasteiger partial charge is 0.247 e. The van der Waals surface area contributed by atoms with Crippen LogP contribution in [0.4, 0.5) is 0 Å². The van der Waals surface area contributed by atoms with Crippen LogP contribution in [-0.4, -0.2) is 41.2 Å². The van der Waals surface area contributed by atoms with Crippen LogP contribution in [-0.2, 0) is 11.3 Å². The molecule has 5 nitrogen and oxygen atoms in total. The molecular formula is C17H20N2O3S. The van der Waals surface area contributed by atoms with Gasteiger partial charge in [0.2, 0.25) is 5.91 Å². The van der Waals surface area contributed by atoms with E-state index in [4.69, 9.17) is 4.74 Å². The third-order valence-corrected chi connectivity index (χ3v) is 4.06. The predicted molar refractivity (Wildman–Crippen MR) is 91.4 cm³/mol. The monoisotopic (exact) mass is 332 g/mol. The molecule has 0 aliphatic rings. The fourth-order valence-corrected chi connectivity index (χ4v) is 2.73. The van der Waals surface area contributed by atoms with Gasteiger partial charge in [0.15, 0.2) is 0 Å². The number of aromatic nitrogens is 1. The number of amides is 1. The molecule has 0 atom stereocenters. The summed E-state index contributed by atoms with van der Waals surface area (Å²) in [6, 6.07) is 7.53. The van der Waals surface area contributed by atoms with Gasteiger partial charge in [0, 0.05) is 30.1 Å². The van der Waals surface area contributed by atoms with E-state index < -0.39 is 0 Å². The van der Waals surface area contributed by atoms with Crippen LogP contribution in [0.1, 0.15) is 16.3 Å². The minimum Gasteiger partial charge on any atom is -0.496 e. The summed E-state index contributed by atoms with van der Waals surface area (Å²) in [5.41, 5.74) is 1.66. The molecule has 1 amide bonds. The van der Waals surface area contributed by atoms with Gasteiger partial charge in [-0.25, -0.2) is 4.98 Å². The molecule has 0 saturated heterocycles. The molecule has 0 spiro atoms. The van der Waals surface area contributed by atoms with Crippen molar-refractivity contribution >= 4 is 23.3 Å². The van der Waals surface area contributed by atoms with Gasteiger partial charge in [0.05, 0.1) is 24.4 Å². The normalized spacial score (nSPS) is 10.9. The lowest BCUT2D eigenvalue weighted by Crippen LogP contribution is -2.31. The first-order valence-corrected chi connectivity index (χ1v) is 8.14. The van der Waals surface area contributed by atoms with Gasteiger partial charge in [0.1, 0.15) is 5.75 Å². The summed E-state index contributed by atoms with van der Waals surface area (Å²) in [5, 5.41) is 12.1. The molecule has 0 unspecified atom stereocenters. The van der Waals surface area contributed by atoms with Gasteiger partial charge in [-0.15, -0.1) is 11.3 Å². The summed E-state index contributed by atoms with van der Waals surface area (Å²) in [6.07, 6.45) is 3.18. The van der Waals surface area contributed by atoms with Gasteiger partial charge in [-0.05, 0) is 19.1 Å². The SMILES string of the molecule is COc1ccccc1CN(CCO)C(=O)/C=C/c1csc(C)n1. The number of methoxy groups -OCH3 is 1. The number of carbonyl (C=O) groups excluding carboxylic acids is 1. The Morgan fingerprint density at radius 3 is 2.87 bits per heavy atom. The lowest BCUT2D eigenvalue weighted by molar-refractivity contribution is -0.127. The van der Waals surface area contributed by atoms with Crippen LogP contribution in [0.15, 0.2) is 35.7 Å². The number of thiazole rings is 1. The lowest BCUT2D eigenvalue weighted by Gasteiger charge is -2.21. The predicted octanol–water partition coefficient (Wildman–Crippen LogP) is 2.49. The molecule has 2 rings (SSSR count). The standard InChI is InChI=1S/C17H20N2O3S/c1-13-18-15(12-23-13)7-8-17(21)19(9-10-20)11-14-5-3-4-6-16(14)22-2/h3-8,12,20H,9-11H2,1-2H3/b8-7+. The van der Waals surface area contributed by atoms with Crippen molar-refractivity contribution in [2.24, 2.45) is 0 Å². The van der Waals surface area contributed by atoms with Gasteiger partial charge in [-0.2, -0.15) is 0 Å². The molecule has 0 saturated carbocycles.